The van der Waals surface area contributed by atoms with Gasteiger partial charge in [-0.05, 0) is 61.9 Å². The Morgan fingerprint density at radius 3 is 2.30 bits per heavy atom. The predicted molar refractivity (Wildman–Crippen MR) is 131 cm³/mol. The Labute approximate surface area is 200 Å². The highest BCUT2D eigenvalue weighted by Gasteiger charge is 2.39. The third-order valence-corrected chi connectivity index (χ3v) is 5.75. The van der Waals surface area contributed by atoms with E-state index in [-0.39, 0.29) is 16.6 Å². The molecule has 6 nitrogen and oxygen atoms in total. The second kappa shape index (κ2) is 9.10. The molecule has 3 amide bonds. The summed E-state index contributed by atoms with van der Waals surface area (Å²) in [5.41, 5.74) is 3.54. The number of carbonyl (C=O) groups excluding carboxylic acids is 3. The largest absolute Gasteiger partial charge is 0.349 e. The summed E-state index contributed by atoms with van der Waals surface area (Å²) in [5, 5.41) is 6.02. The van der Waals surface area contributed by atoms with Crippen LogP contribution in [0.4, 0.5) is 17.1 Å². The van der Waals surface area contributed by atoms with Crippen LogP contribution in [0.1, 0.15) is 21.5 Å². The zero-order valence-electron chi connectivity index (χ0n) is 17.8. The minimum atomic E-state index is -0.611. The Bertz CT molecular complexity index is 1320. The summed E-state index contributed by atoms with van der Waals surface area (Å²) < 4.78 is 0. The van der Waals surface area contributed by atoms with E-state index in [0.29, 0.717) is 27.6 Å². The molecule has 1 aliphatic heterocycles. The summed E-state index contributed by atoms with van der Waals surface area (Å²) in [6.45, 7) is 3.72. The van der Waals surface area contributed by atoms with Crippen LogP contribution in [0.25, 0.3) is 0 Å². The number of halogens is 2. The number of rotatable bonds is 5. The van der Waals surface area contributed by atoms with Crippen molar-refractivity contribution >= 4 is 58.0 Å². The first-order valence-electron chi connectivity index (χ1n) is 10.0. The van der Waals surface area contributed by atoms with Crippen LogP contribution in [0.2, 0.25) is 5.02 Å². The molecule has 0 aliphatic carbocycles. The Kier molecular flexibility index (Phi) is 6.22. The molecule has 0 bridgehead atoms. The molecule has 166 valence electrons. The van der Waals surface area contributed by atoms with E-state index < -0.39 is 11.8 Å². The van der Waals surface area contributed by atoms with E-state index in [9.17, 15) is 14.4 Å². The lowest BCUT2D eigenvalue weighted by atomic mass is 10.1. The van der Waals surface area contributed by atoms with Gasteiger partial charge in [0.2, 0.25) is 0 Å². The monoisotopic (exact) mass is 479 g/mol. The van der Waals surface area contributed by atoms with Crippen LogP contribution in [0.5, 0.6) is 0 Å². The molecular formula is C25H19Cl2N3O3. The molecule has 3 aromatic carbocycles. The van der Waals surface area contributed by atoms with E-state index in [1.54, 1.807) is 66.7 Å². The number of imide groups is 1. The van der Waals surface area contributed by atoms with E-state index in [4.69, 9.17) is 23.2 Å². The first-order chi connectivity index (χ1) is 15.7. The van der Waals surface area contributed by atoms with Crippen molar-refractivity contribution in [2.75, 3.05) is 15.5 Å². The number of aryl methyl sites for hydroxylation is 2. The smallest absolute Gasteiger partial charge is 0.283 e. The molecule has 0 fully saturated rings. The quantitative estimate of drug-likeness (QED) is 0.463. The first kappa shape index (κ1) is 22.6. The second-order valence-corrected chi connectivity index (χ2v) is 8.40. The molecule has 0 aromatic heterocycles. The van der Waals surface area contributed by atoms with Gasteiger partial charge in [0.15, 0.2) is 0 Å². The third-order valence-electron chi connectivity index (χ3n) is 5.16. The lowest BCUT2D eigenvalue weighted by Gasteiger charge is -2.16. The Hall–Kier alpha value is -3.61. The number of carbonyl (C=O) groups is 3. The number of anilines is 3. The van der Waals surface area contributed by atoms with E-state index >= 15 is 0 Å². The molecule has 33 heavy (non-hydrogen) atoms. The standard InChI is InChI=1S/C25H19Cl2N3O3/c1-14-6-10-19(11-7-14)30-24(32)21(27)22(25(30)33)29-20-12-16(9-8-15(20)2)23(31)28-18-5-3-4-17(26)13-18/h3-13,29H,1-2H3,(H,28,31). The number of benzene rings is 3. The fraction of sp³-hybridized carbons (Fsp3) is 0.0800. The van der Waals surface area contributed by atoms with Crippen LogP contribution in [-0.2, 0) is 9.59 Å². The number of nitrogens with zero attached hydrogens (tertiary/aromatic N) is 1. The van der Waals surface area contributed by atoms with E-state index in [1.807, 2.05) is 13.8 Å². The average molecular weight is 480 g/mol. The van der Waals surface area contributed by atoms with Crippen molar-refractivity contribution in [3.05, 3.63) is 99.2 Å². The van der Waals surface area contributed by atoms with Gasteiger partial charge in [-0.15, -0.1) is 0 Å². The highest BCUT2D eigenvalue weighted by atomic mass is 35.5. The van der Waals surface area contributed by atoms with Crippen molar-refractivity contribution in [1.82, 2.24) is 0 Å². The summed E-state index contributed by atoms with van der Waals surface area (Å²) in [6, 6.07) is 18.8. The van der Waals surface area contributed by atoms with Crippen molar-refractivity contribution in [3.8, 4) is 0 Å². The van der Waals surface area contributed by atoms with Gasteiger partial charge in [-0.1, -0.05) is 53.0 Å². The van der Waals surface area contributed by atoms with Crippen molar-refractivity contribution in [2.45, 2.75) is 13.8 Å². The Morgan fingerprint density at radius 1 is 0.879 bits per heavy atom. The number of nitrogens with one attached hydrogen (secondary N) is 2. The molecule has 0 saturated heterocycles. The van der Waals surface area contributed by atoms with Crippen LogP contribution >= 0.6 is 23.2 Å². The molecular weight excluding hydrogens is 461 g/mol. The molecule has 0 spiro atoms. The lowest BCUT2D eigenvalue weighted by Crippen LogP contribution is -2.32. The highest BCUT2D eigenvalue weighted by molar-refractivity contribution is 6.53. The molecule has 1 heterocycles. The summed E-state index contributed by atoms with van der Waals surface area (Å²) in [5.74, 6) is -1.53. The summed E-state index contributed by atoms with van der Waals surface area (Å²) in [4.78, 5) is 39.5. The van der Waals surface area contributed by atoms with Gasteiger partial charge in [-0.2, -0.15) is 0 Å². The molecule has 0 radical (unpaired) electrons. The molecule has 4 rings (SSSR count). The Balaban J connectivity index is 1.58. The number of hydrogen-bond donors (Lipinski definition) is 2. The fourth-order valence-corrected chi connectivity index (χ4v) is 3.74. The lowest BCUT2D eigenvalue weighted by molar-refractivity contribution is -0.120. The minimum absolute atomic E-state index is 0.0438. The molecule has 3 aromatic rings. The Morgan fingerprint density at radius 2 is 1.61 bits per heavy atom. The maximum Gasteiger partial charge on any atom is 0.283 e. The third kappa shape index (κ3) is 4.62. The number of hydrogen-bond acceptors (Lipinski definition) is 4. The van der Waals surface area contributed by atoms with Gasteiger partial charge in [0.05, 0.1) is 5.69 Å². The van der Waals surface area contributed by atoms with Gasteiger partial charge in [0, 0.05) is 22.0 Å². The summed E-state index contributed by atoms with van der Waals surface area (Å²) in [7, 11) is 0. The maximum absolute atomic E-state index is 13.0. The molecule has 0 unspecified atom stereocenters. The highest BCUT2D eigenvalue weighted by Crippen LogP contribution is 2.31. The second-order valence-electron chi connectivity index (χ2n) is 7.59. The van der Waals surface area contributed by atoms with Crippen molar-refractivity contribution in [3.63, 3.8) is 0 Å². The van der Waals surface area contributed by atoms with E-state index in [1.165, 1.54) is 0 Å². The molecule has 0 saturated carbocycles. The molecule has 8 heteroatoms. The van der Waals surface area contributed by atoms with Gasteiger partial charge in [0.1, 0.15) is 10.7 Å². The van der Waals surface area contributed by atoms with Crippen LogP contribution < -0.4 is 15.5 Å². The van der Waals surface area contributed by atoms with Crippen molar-refractivity contribution in [2.24, 2.45) is 0 Å². The SMILES string of the molecule is Cc1ccc(N2C(=O)C(Cl)=C(Nc3cc(C(=O)Nc4cccc(Cl)c4)ccc3C)C2=O)cc1. The average Bonchev–Trinajstić information content (AvgIpc) is 2.99. The zero-order valence-corrected chi connectivity index (χ0v) is 19.3. The van der Waals surface area contributed by atoms with Crippen LogP contribution in [-0.4, -0.2) is 17.7 Å². The van der Waals surface area contributed by atoms with Gasteiger partial charge in [-0.25, -0.2) is 4.90 Å². The molecule has 2 N–H and O–H groups in total. The van der Waals surface area contributed by atoms with Crippen LogP contribution in [0.15, 0.2) is 77.5 Å². The normalized spacial score (nSPS) is 13.5. The van der Waals surface area contributed by atoms with E-state index in [0.717, 1.165) is 16.0 Å². The van der Waals surface area contributed by atoms with Gasteiger partial charge in [0.25, 0.3) is 17.7 Å². The zero-order chi connectivity index (χ0) is 23.7. The summed E-state index contributed by atoms with van der Waals surface area (Å²) >= 11 is 12.2. The van der Waals surface area contributed by atoms with Crippen LogP contribution in [0, 0.1) is 13.8 Å². The maximum atomic E-state index is 13.0. The molecule has 0 atom stereocenters. The fourth-order valence-electron chi connectivity index (χ4n) is 3.34. The predicted octanol–water partition coefficient (Wildman–Crippen LogP) is 5.64. The van der Waals surface area contributed by atoms with E-state index in [2.05, 4.69) is 10.6 Å². The number of amides is 3. The van der Waals surface area contributed by atoms with Gasteiger partial charge < -0.3 is 10.6 Å². The van der Waals surface area contributed by atoms with Gasteiger partial charge in [-0.3, -0.25) is 14.4 Å². The topological polar surface area (TPSA) is 78.5 Å². The van der Waals surface area contributed by atoms with Crippen molar-refractivity contribution in [1.29, 1.82) is 0 Å². The van der Waals surface area contributed by atoms with Crippen LogP contribution in [0.3, 0.4) is 0 Å². The minimum Gasteiger partial charge on any atom is -0.349 e. The molecule has 1 aliphatic rings. The van der Waals surface area contributed by atoms with Gasteiger partial charge >= 0.3 is 0 Å². The summed E-state index contributed by atoms with van der Waals surface area (Å²) in [6.07, 6.45) is 0. The first-order valence-corrected chi connectivity index (χ1v) is 10.8. The van der Waals surface area contributed by atoms with Crippen molar-refractivity contribution < 1.29 is 14.4 Å².